The number of nitrogens with zero attached hydrogens (tertiary/aromatic N) is 2. The second-order valence-electron chi connectivity index (χ2n) is 6.56. The van der Waals surface area contributed by atoms with Gasteiger partial charge in [0.2, 0.25) is 0 Å². The lowest BCUT2D eigenvalue weighted by atomic mass is 10.1. The van der Waals surface area contributed by atoms with Crippen LogP contribution in [-0.4, -0.2) is 62.3 Å². The van der Waals surface area contributed by atoms with Crippen LogP contribution in [0.25, 0.3) is 0 Å². The van der Waals surface area contributed by atoms with Crippen LogP contribution in [0.2, 0.25) is 0 Å². The van der Waals surface area contributed by atoms with Crippen LogP contribution in [0.4, 0.5) is 10.5 Å². The second kappa shape index (κ2) is 7.21. The fourth-order valence-corrected chi connectivity index (χ4v) is 3.64. The van der Waals surface area contributed by atoms with Gasteiger partial charge in [0.1, 0.15) is 0 Å². The lowest BCUT2D eigenvalue weighted by Gasteiger charge is -2.32. The van der Waals surface area contributed by atoms with E-state index in [9.17, 15) is 9.59 Å². The molecule has 6 nitrogen and oxygen atoms in total. The average molecular weight is 332 g/mol. The van der Waals surface area contributed by atoms with Gasteiger partial charge in [0.25, 0.3) is 5.91 Å². The minimum atomic E-state index is -0.245. The van der Waals surface area contributed by atoms with Crippen molar-refractivity contribution < 1.29 is 19.2 Å². The van der Waals surface area contributed by atoms with Gasteiger partial charge in [-0.1, -0.05) is 18.2 Å². The predicted octanol–water partition coefficient (Wildman–Crippen LogP) is 0.321. The summed E-state index contributed by atoms with van der Waals surface area (Å²) < 4.78 is 5.03. The fourth-order valence-electron chi connectivity index (χ4n) is 3.64. The summed E-state index contributed by atoms with van der Waals surface area (Å²) >= 11 is 0. The molecule has 0 spiro atoms. The number of ether oxygens (including phenoxy) is 1. The summed E-state index contributed by atoms with van der Waals surface area (Å²) in [6, 6.07) is 8.37. The first-order valence-corrected chi connectivity index (χ1v) is 8.75. The molecule has 0 bridgehead atoms. The number of benzene rings is 1. The molecule has 0 unspecified atom stereocenters. The number of quaternary nitrogens is 1. The van der Waals surface area contributed by atoms with Crippen molar-refractivity contribution >= 4 is 17.7 Å². The molecule has 1 atom stereocenters. The Hall–Kier alpha value is -2.08. The van der Waals surface area contributed by atoms with Gasteiger partial charge < -0.3 is 14.5 Å². The first-order chi connectivity index (χ1) is 11.6. The number of para-hydroxylation sites is 1. The number of fused-ring (bicyclic) bond motifs is 1. The molecule has 0 aromatic heterocycles. The normalized spacial score (nSPS) is 20.8. The molecule has 130 valence electrons. The molecule has 2 aliphatic rings. The Balaban J connectivity index is 1.56. The van der Waals surface area contributed by atoms with Crippen molar-refractivity contribution in [3.05, 3.63) is 29.8 Å². The van der Waals surface area contributed by atoms with E-state index in [4.69, 9.17) is 4.74 Å². The summed E-state index contributed by atoms with van der Waals surface area (Å²) in [6.45, 7) is 7.66. The third-order valence-electron chi connectivity index (χ3n) is 4.87. The first-order valence-electron chi connectivity index (χ1n) is 8.75. The van der Waals surface area contributed by atoms with Crippen molar-refractivity contribution in [2.45, 2.75) is 26.3 Å². The molecule has 3 rings (SSSR count). The molecule has 0 radical (unpaired) electrons. The molecule has 6 heteroatoms. The second-order valence-corrected chi connectivity index (χ2v) is 6.56. The number of hydrogen-bond acceptors (Lipinski definition) is 3. The van der Waals surface area contributed by atoms with Gasteiger partial charge in [0.15, 0.2) is 6.54 Å². The highest BCUT2D eigenvalue weighted by Gasteiger charge is 2.33. The fraction of sp³-hybridized carbons (Fsp3) is 0.556. The van der Waals surface area contributed by atoms with Gasteiger partial charge >= 0.3 is 6.09 Å². The van der Waals surface area contributed by atoms with Crippen LogP contribution in [0, 0.1) is 0 Å². The topological polar surface area (TPSA) is 54.3 Å². The summed E-state index contributed by atoms with van der Waals surface area (Å²) in [5, 5.41) is 0. The average Bonchev–Trinajstić information content (AvgIpc) is 2.91. The zero-order valence-corrected chi connectivity index (χ0v) is 14.5. The third kappa shape index (κ3) is 3.38. The van der Waals surface area contributed by atoms with E-state index in [-0.39, 0.29) is 18.0 Å². The molecular weight excluding hydrogens is 306 g/mol. The van der Waals surface area contributed by atoms with Gasteiger partial charge in [-0.25, -0.2) is 4.79 Å². The number of rotatable bonds is 3. The Bertz CT molecular complexity index is 611. The summed E-state index contributed by atoms with van der Waals surface area (Å²) in [5.74, 6) is 0.173. The van der Waals surface area contributed by atoms with Crippen LogP contribution in [0.5, 0.6) is 0 Å². The standard InChI is InChI=1S/C18H25N3O3/c1-3-24-18(23)20-10-8-19(9-11-20)13-17(22)21-14(2)12-15-6-4-5-7-16(15)21/h4-7,14H,3,8-13H2,1-2H3/p+1/t14-/m0/s1. The van der Waals surface area contributed by atoms with E-state index in [2.05, 4.69) is 13.0 Å². The summed E-state index contributed by atoms with van der Waals surface area (Å²) in [5.41, 5.74) is 2.31. The Labute approximate surface area is 143 Å². The van der Waals surface area contributed by atoms with Crippen LogP contribution >= 0.6 is 0 Å². The van der Waals surface area contributed by atoms with Gasteiger partial charge in [0.05, 0.1) is 32.8 Å². The Kier molecular flexibility index (Phi) is 5.04. The molecule has 1 N–H and O–H groups in total. The number of hydrogen-bond donors (Lipinski definition) is 1. The maximum atomic E-state index is 12.8. The minimum absolute atomic E-state index is 0.173. The number of anilines is 1. The monoisotopic (exact) mass is 332 g/mol. The highest BCUT2D eigenvalue weighted by molar-refractivity contribution is 5.96. The molecule has 1 saturated heterocycles. The predicted molar refractivity (Wildman–Crippen MR) is 91.3 cm³/mol. The molecule has 0 saturated carbocycles. The van der Waals surface area contributed by atoms with Gasteiger partial charge in [-0.2, -0.15) is 0 Å². The van der Waals surface area contributed by atoms with Gasteiger partial charge in [0, 0.05) is 11.7 Å². The van der Waals surface area contributed by atoms with Crippen LogP contribution in [-0.2, 0) is 16.0 Å². The van der Waals surface area contributed by atoms with E-state index in [0.717, 1.165) is 25.2 Å². The third-order valence-corrected chi connectivity index (χ3v) is 4.87. The van der Waals surface area contributed by atoms with Crippen molar-refractivity contribution in [2.75, 3.05) is 44.2 Å². The summed E-state index contributed by atoms with van der Waals surface area (Å²) in [7, 11) is 0. The van der Waals surface area contributed by atoms with Gasteiger partial charge in [-0.3, -0.25) is 9.69 Å². The summed E-state index contributed by atoms with van der Waals surface area (Å²) in [6.07, 6.45) is 0.679. The molecule has 2 heterocycles. The number of amides is 2. The SMILES string of the molecule is CCOC(=O)N1CC[NH+](CC(=O)N2c3ccccc3C[C@@H]2C)CC1. The molecule has 1 aromatic carbocycles. The zero-order chi connectivity index (χ0) is 17.1. The highest BCUT2D eigenvalue weighted by atomic mass is 16.6. The van der Waals surface area contributed by atoms with Crippen LogP contribution in [0.3, 0.4) is 0 Å². The summed E-state index contributed by atoms with van der Waals surface area (Å²) in [4.78, 5) is 29.4. The lowest BCUT2D eigenvalue weighted by Crippen LogP contribution is -3.16. The highest BCUT2D eigenvalue weighted by Crippen LogP contribution is 2.31. The molecule has 2 aliphatic heterocycles. The maximum Gasteiger partial charge on any atom is 0.410 e. The minimum Gasteiger partial charge on any atom is -0.450 e. The molecule has 1 aromatic rings. The van der Waals surface area contributed by atoms with Crippen LogP contribution < -0.4 is 9.80 Å². The van der Waals surface area contributed by atoms with Crippen LogP contribution in [0.15, 0.2) is 24.3 Å². The molecule has 24 heavy (non-hydrogen) atoms. The number of carbonyl (C=O) groups excluding carboxylic acids is 2. The van der Waals surface area contributed by atoms with E-state index >= 15 is 0 Å². The van der Waals surface area contributed by atoms with E-state index in [0.29, 0.717) is 26.2 Å². The smallest absolute Gasteiger partial charge is 0.410 e. The largest absolute Gasteiger partial charge is 0.450 e. The Morgan fingerprint density at radius 3 is 2.67 bits per heavy atom. The van der Waals surface area contributed by atoms with E-state index in [1.807, 2.05) is 30.0 Å². The molecule has 1 fully saturated rings. The van der Waals surface area contributed by atoms with Crippen molar-refractivity contribution in [1.82, 2.24) is 4.90 Å². The van der Waals surface area contributed by atoms with Crippen molar-refractivity contribution in [1.29, 1.82) is 0 Å². The molecule has 2 amide bonds. The number of piperazine rings is 1. The van der Waals surface area contributed by atoms with E-state index in [1.165, 1.54) is 10.5 Å². The number of carbonyl (C=O) groups is 2. The van der Waals surface area contributed by atoms with Crippen LogP contribution in [0.1, 0.15) is 19.4 Å². The van der Waals surface area contributed by atoms with Crippen molar-refractivity contribution in [3.8, 4) is 0 Å². The molecule has 0 aliphatic carbocycles. The zero-order valence-electron chi connectivity index (χ0n) is 14.5. The first kappa shape index (κ1) is 16.8. The van der Waals surface area contributed by atoms with E-state index in [1.54, 1.807) is 4.90 Å². The number of nitrogens with one attached hydrogen (secondary N) is 1. The van der Waals surface area contributed by atoms with Crippen molar-refractivity contribution in [3.63, 3.8) is 0 Å². The quantitative estimate of drug-likeness (QED) is 0.867. The van der Waals surface area contributed by atoms with Gasteiger partial charge in [-0.15, -0.1) is 0 Å². The van der Waals surface area contributed by atoms with E-state index < -0.39 is 0 Å². The maximum absolute atomic E-state index is 12.8. The molecular formula is C18H26N3O3+. The van der Waals surface area contributed by atoms with Crippen molar-refractivity contribution in [2.24, 2.45) is 0 Å². The van der Waals surface area contributed by atoms with Gasteiger partial charge in [-0.05, 0) is 31.9 Å². The Morgan fingerprint density at radius 2 is 1.96 bits per heavy atom. The lowest BCUT2D eigenvalue weighted by molar-refractivity contribution is -0.895. The Morgan fingerprint density at radius 1 is 1.25 bits per heavy atom.